The van der Waals surface area contributed by atoms with Crippen LogP contribution < -0.4 is 4.74 Å². The Morgan fingerprint density at radius 2 is 1.81 bits per heavy atom. The minimum Gasteiger partial charge on any atom is -0.508 e. The Balaban J connectivity index is 1.89. The second-order valence-corrected chi connectivity index (χ2v) is 7.57. The highest BCUT2D eigenvalue weighted by Gasteiger charge is 2.26. The molecule has 2 aromatic heterocycles. The van der Waals surface area contributed by atoms with E-state index in [1.807, 2.05) is 17.5 Å². The van der Waals surface area contributed by atoms with Crippen molar-refractivity contribution in [2.24, 2.45) is 0 Å². The number of phenols is 1. The van der Waals surface area contributed by atoms with Crippen molar-refractivity contribution in [3.05, 3.63) is 89.3 Å². The second-order valence-electron chi connectivity index (χ2n) is 6.62. The lowest BCUT2D eigenvalue weighted by atomic mass is 10.00. The fourth-order valence-corrected chi connectivity index (χ4v) is 3.82. The summed E-state index contributed by atoms with van der Waals surface area (Å²) in [5.41, 5.74) is 2.32. The van der Waals surface area contributed by atoms with Crippen molar-refractivity contribution in [1.82, 2.24) is 4.98 Å². The number of benzene rings is 2. The standard InChI is InChI=1S/C24H16N2O4S/c25-14-19-18(15-8-10-17(27)11-9-15)13-20(21-7-4-12-31-21)26-23(19)30-22(24(28)29)16-5-2-1-3-6-16/h1-13,22,27H,(H,28,29). The van der Waals surface area contributed by atoms with Crippen molar-refractivity contribution < 1.29 is 19.7 Å². The van der Waals surface area contributed by atoms with E-state index in [1.165, 1.54) is 23.5 Å². The molecule has 0 saturated carbocycles. The van der Waals surface area contributed by atoms with E-state index in [-0.39, 0.29) is 17.2 Å². The number of phenolic OH excluding ortho intramolecular Hbond substituents is 1. The molecule has 4 aromatic rings. The second kappa shape index (κ2) is 8.69. The molecule has 1 atom stereocenters. The number of hydrogen-bond donors (Lipinski definition) is 2. The van der Waals surface area contributed by atoms with E-state index in [2.05, 4.69) is 11.1 Å². The molecule has 31 heavy (non-hydrogen) atoms. The van der Waals surface area contributed by atoms with E-state index in [4.69, 9.17) is 4.74 Å². The van der Waals surface area contributed by atoms with Gasteiger partial charge < -0.3 is 14.9 Å². The maximum absolute atomic E-state index is 11.9. The Labute approximate surface area is 182 Å². The van der Waals surface area contributed by atoms with Gasteiger partial charge in [-0.25, -0.2) is 9.78 Å². The molecule has 1 unspecified atom stereocenters. The number of carboxylic acids is 1. The lowest BCUT2D eigenvalue weighted by molar-refractivity contribution is -0.145. The van der Waals surface area contributed by atoms with Gasteiger partial charge in [0.15, 0.2) is 0 Å². The summed E-state index contributed by atoms with van der Waals surface area (Å²) in [5.74, 6) is -1.15. The molecule has 2 heterocycles. The number of hydrogen-bond acceptors (Lipinski definition) is 6. The third kappa shape index (κ3) is 4.25. The third-order valence-electron chi connectivity index (χ3n) is 4.61. The Hall–Kier alpha value is -4.15. The first-order chi connectivity index (χ1) is 15.1. The lowest BCUT2D eigenvalue weighted by Gasteiger charge is -2.18. The minimum absolute atomic E-state index is 0.0623. The quantitative estimate of drug-likeness (QED) is 0.434. The van der Waals surface area contributed by atoms with Crippen LogP contribution in [-0.2, 0) is 4.79 Å². The predicted molar refractivity (Wildman–Crippen MR) is 117 cm³/mol. The molecule has 0 radical (unpaired) electrons. The van der Waals surface area contributed by atoms with Crippen molar-refractivity contribution in [2.45, 2.75) is 6.10 Å². The van der Waals surface area contributed by atoms with E-state index in [1.54, 1.807) is 48.5 Å². The average Bonchev–Trinajstić information content (AvgIpc) is 3.33. The first-order valence-corrected chi connectivity index (χ1v) is 10.2. The maximum atomic E-state index is 11.9. The number of ether oxygens (including phenoxy) is 1. The molecule has 0 spiro atoms. The average molecular weight is 428 g/mol. The van der Waals surface area contributed by atoms with Gasteiger partial charge in [0, 0.05) is 11.1 Å². The fourth-order valence-electron chi connectivity index (χ4n) is 3.13. The highest BCUT2D eigenvalue weighted by atomic mass is 32.1. The van der Waals surface area contributed by atoms with Gasteiger partial charge in [0.1, 0.15) is 17.4 Å². The molecule has 0 aliphatic rings. The first-order valence-electron chi connectivity index (χ1n) is 9.29. The third-order valence-corrected chi connectivity index (χ3v) is 5.50. The van der Waals surface area contributed by atoms with Crippen LogP contribution in [0.1, 0.15) is 17.2 Å². The summed E-state index contributed by atoms with van der Waals surface area (Å²) in [6.07, 6.45) is -1.33. The summed E-state index contributed by atoms with van der Waals surface area (Å²) < 4.78 is 5.83. The Bertz CT molecular complexity index is 1250. The Kier molecular flexibility index (Phi) is 5.65. The fraction of sp³-hybridized carbons (Fsp3) is 0.0417. The van der Waals surface area contributed by atoms with Crippen LogP contribution in [0.4, 0.5) is 0 Å². The number of carboxylic acid groups (broad SMARTS) is 1. The van der Waals surface area contributed by atoms with E-state index in [9.17, 15) is 20.3 Å². The van der Waals surface area contributed by atoms with Gasteiger partial charge in [-0.05, 0) is 35.2 Å². The first kappa shape index (κ1) is 20.1. The Morgan fingerprint density at radius 1 is 1.06 bits per heavy atom. The monoisotopic (exact) mass is 428 g/mol. The topological polar surface area (TPSA) is 103 Å². The summed E-state index contributed by atoms with van der Waals surface area (Å²) in [4.78, 5) is 17.3. The van der Waals surface area contributed by atoms with Gasteiger partial charge in [-0.1, -0.05) is 48.5 Å². The number of nitriles is 1. The molecule has 2 N–H and O–H groups in total. The molecule has 0 bridgehead atoms. The van der Waals surface area contributed by atoms with Gasteiger partial charge in [0.2, 0.25) is 12.0 Å². The molecular weight excluding hydrogens is 412 g/mol. The van der Waals surface area contributed by atoms with Crippen molar-refractivity contribution in [3.8, 4) is 39.4 Å². The largest absolute Gasteiger partial charge is 0.508 e. The summed E-state index contributed by atoms with van der Waals surface area (Å²) in [6, 6.07) is 22.5. The van der Waals surface area contributed by atoms with Crippen molar-refractivity contribution in [3.63, 3.8) is 0 Å². The normalized spacial score (nSPS) is 11.5. The van der Waals surface area contributed by atoms with Crippen LogP contribution in [-0.4, -0.2) is 21.2 Å². The summed E-state index contributed by atoms with van der Waals surface area (Å²) in [5, 5.41) is 31.2. The van der Waals surface area contributed by atoms with Crippen molar-refractivity contribution in [2.75, 3.05) is 0 Å². The molecular formula is C24H16N2O4S. The van der Waals surface area contributed by atoms with E-state index < -0.39 is 12.1 Å². The summed E-state index contributed by atoms with van der Waals surface area (Å²) in [6.45, 7) is 0. The molecule has 0 saturated heterocycles. The van der Waals surface area contributed by atoms with Gasteiger partial charge in [0.25, 0.3) is 0 Å². The van der Waals surface area contributed by atoms with E-state index in [0.29, 0.717) is 22.4 Å². The van der Waals surface area contributed by atoms with Gasteiger partial charge in [-0.2, -0.15) is 5.26 Å². The van der Waals surface area contributed by atoms with Crippen LogP contribution in [0.2, 0.25) is 0 Å². The predicted octanol–water partition coefficient (Wildman–Crippen LogP) is 5.26. The summed E-state index contributed by atoms with van der Waals surface area (Å²) >= 11 is 1.47. The zero-order valence-corrected chi connectivity index (χ0v) is 16.9. The minimum atomic E-state index is -1.33. The van der Waals surface area contributed by atoms with Gasteiger partial charge in [-0.15, -0.1) is 11.3 Å². The smallest absolute Gasteiger partial charge is 0.349 e. The number of aliphatic carboxylic acids is 1. The van der Waals surface area contributed by atoms with E-state index in [0.717, 1.165) is 4.88 Å². The maximum Gasteiger partial charge on any atom is 0.349 e. The number of thiophene rings is 1. The van der Waals surface area contributed by atoms with E-state index >= 15 is 0 Å². The van der Waals surface area contributed by atoms with Crippen LogP contribution in [0.25, 0.3) is 21.7 Å². The van der Waals surface area contributed by atoms with Gasteiger partial charge >= 0.3 is 5.97 Å². The van der Waals surface area contributed by atoms with Crippen LogP contribution >= 0.6 is 11.3 Å². The summed E-state index contributed by atoms with van der Waals surface area (Å²) in [7, 11) is 0. The highest BCUT2D eigenvalue weighted by Crippen LogP contribution is 2.37. The molecule has 0 aliphatic carbocycles. The number of pyridine rings is 1. The molecule has 0 fully saturated rings. The zero-order valence-electron chi connectivity index (χ0n) is 16.1. The lowest BCUT2D eigenvalue weighted by Crippen LogP contribution is -2.19. The number of rotatable bonds is 6. The number of aromatic hydroxyl groups is 1. The van der Waals surface area contributed by atoms with Crippen molar-refractivity contribution >= 4 is 17.3 Å². The van der Waals surface area contributed by atoms with Crippen LogP contribution in [0.3, 0.4) is 0 Å². The molecule has 2 aromatic carbocycles. The van der Waals surface area contributed by atoms with Gasteiger partial charge in [0.05, 0.1) is 10.6 Å². The van der Waals surface area contributed by atoms with Crippen LogP contribution in [0, 0.1) is 11.3 Å². The molecule has 152 valence electrons. The molecule has 7 heteroatoms. The highest BCUT2D eigenvalue weighted by molar-refractivity contribution is 7.13. The Morgan fingerprint density at radius 3 is 2.42 bits per heavy atom. The molecule has 0 amide bonds. The molecule has 6 nitrogen and oxygen atoms in total. The number of aromatic nitrogens is 1. The SMILES string of the molecule is N#Cc1c(-c2ccc(O)cc2)cc(-c2cccs2)nc1OC(C(=O)O)c1ccccc1. The number of nitrogens with zero attached hydrogens (tertiary/aromatic N) is 2. The zero-order chi connectivity index (χ0) is 21.8. The van der Waals surface area contributed by atoms with Crippen LogP contribution in [0.15, 0.2) is 78.2 Å². The molecule has 4 rings (SSSR count). The number of carbonyl (C=O) groups is 1. The van der Waals surface area contributed by atoms with Crippen molar-refractivity contribution in [1.29, 1.82) is 5.26 Å². The van der Waals surface area contributed by atoms with Crippen LogP contribution in [0.5, 0.6) is 11.6 Å². The van der Waals surface area contributed by atoms with Gasteiger partial charge in [-0.3, -0.25) is 0 Å². The molecule has 0 aliphatic heterocycles.